The molecule has 2 aromatic carbocycles. The molecular formula is C21H29Cl3N2O. The van der Waals surface area contributed by atoms with Crippen molar-refractivity contribution in [3.8, 4) is 5.75 Å². The summed E-state index contributed by atoms with van der Waals surface area (Å²) < 4.78 is 5.83. The first-order valence-electron chi connectivity index (χ1n) is 9.16. The van der Waals surface area contributed by atoms with E-state index in [2.05, 4.69) is 35.3 Å². The number of halogens is 3. The maximum absolute atomic E-state index is 6.39. The van der Waals surface area contributed by atoms with Crippen LogP contribution in [0.4, 0.5) is 0 Å². The number of hydrogen-bond acceptors (Lipinski definition) is 3. The van der Waals surface area contributed by atoms with Gasteiger partial charge in [-0.15, -0.1) is 24.8 Å². The van der Waals surface area contributed by atoms with Crippen molar-refractivity contribution in [3.63, 3.8) is 0 Å². The number of rotatable bonds is 8. The van der Waals surface area contributed by atoms with Crippen molar-refractivity contribution in [3.05, 3.63) is 64.7 Å². The van der Waals surface area contributed by atoms with Crippen LogP contribution in [0, 0.1) is 0 Å². The summed E-state index contributed by atoms with van der Waals surface area (Å²) in [4.78, 5) is 2.56. The van der Waals surface area contributed by atoms with Crippen LogP contribution in [0.1, 0.15) is 30.9 Å². The zero-order valence-corrected chi connectivity index (χ0v) is 18.1. The van der Waals surface area contributed by atoms with Gasteiger partial charge in [0.25, 0.3) is 0 Å². The lowest BCUT2D eigenvalue weighted by Gasteiger charge is -2.23. The van der Waals surface area contributed by atoms with Crippen LogP contribution >= 0.6 is 36.4 Å². The van der Waals surface area contributed by atoms with Gasteiger partial charge in [0.2, 0.25) is 0 Å². The Hall–Kier alpha value is -0.970. The van der Waals surface area contributed by atoms with Gasteiger partial charge in [-0.1, -0.05) is 54.9 Å². The van der Waals surface area contributed by atoms with Crippen LogP contribution in [0.5, 0.6) is 5.75 Å². The van der Waals surface area contributed by atoms with E-state index < -0.39 is 0 Å². The second kappa shape index (κ2) is 12.5. The molecule has 1 heterocycles. The van der Waals surface area contributed by atoms with Crippen molar-refractivity contribution in [1.82, 2.24) is 10.2 Å². The third-order valence-electron chi connectivity index (χ3n) is 4.85. The van der Waals surface area contributed by atoms with E-state index in [1.807, 2.05) is 30.3 Å². The van der Waals surface area contributed by atoms with Gasteiger partial charge in [0.1, 0.15) is 12.4 Å². The number of likely N-dealkylation sites (tertiary alicyclic amines) is 1. The van der Waals surface area contributed by atoms with Crippen LogP contribution in [-0.2, 0) is 13.2 Å². The van der Waals surface area contributed by atoms with Crippen molar-refractivity contribution in [2.24, 2.45) is 0 Å². The molecule has 1 aliphatic heterocycles. The first-order valence-corrected chi connectivity index (χ1v) is 9.54. The van der Waals surface area contributed by atoms with E-state index in [0.29, 0.717) is 17.7 Å². The van der Waals surface area contributed by atoms with E-state index in [-0.39, 0.29) is 24.8 Å². The number of nitrogens with zero attached hydrogens (tertiary/aromatic N) is 1. The molecule has 1 unspecified atom stereocenters. The van der Waals surface area contributed by atoms with Gasteiger partial charge in [-0.3, -0.25) is 4.90 Å². The minimum Gasteiger partial charge on any atom is -0.487 e. The van der Waals surface area contributed by atoms with Crippen LogP contribution in [0.25, 0.3) is 0 Å². The summed E-state index contributed by atoms with van der Waals surface area (Å²) in [6, 6.07) is 16.9. The topological polar surface area (TPSA) is 24.5 Å². The molecule has 6 heteroatoms. The lowest BCUT2D eigenvalue weighted by atomic mass is 10.2. The summed E-state index contributed by atoms with van der Waals surface area (Å²) in [5.41, 5.74) is 2.33. The molecule has 150 valence electrons. The molecule has 2 aromatic rings. The first-order chi connectivity index (χ1) is 12.3. The Morgan fingerprint density at radius 2 is 1.89 bits per heavy atom. The Balaban J connectivity index is 0.00000182. The van der Waals surface area contributed by atoms with Gasteiger partial charge < -0.3 is 10.1 Å². The highest BCUT2D eigenvalue weighted by Crippen LogP contribution is 2.26. The molecule has 0 aliphatic carbocycles. The van der Waals surface area contributed by atoms with Gasteiger partial charge >= 0.3 is 0 Å². The standard InChI is InChI=1S/C21H27ClN2O.2ClH/c1-2-24-12-6-9-19(24)15-23-14-18-10-11-21(20(22)13-18)25-16-17-7-4-3-5-8-17;;/h3-5,7-8,10-11,13,19,23H,2,6,9,12,14-16H2,1H3;2*1H. The van der Waals surface area contributed by atoms with Crippen LogP contribution in [-0.4, -0.2) is 30.6 Å². The molecule has 1 atom stereocenters. The second-order valence-corrected chi connectivity index (χ2v) is 7.00. The van der Waals surface area contributed by atoms with Crippen molar-refractivity contribution in [2.45, 2.75) is 39.0 Å². The summed E-state index contributed by atoms with van der Waals surface area (Å²) in [5.74, 6) is 0.738. The fourth-order valence-corrected chi connectivity index (χ4v) is 3.69. The second-order valence-electron chi connectivity index (χ2n) is 6.59. The number of benzene rings is 2. The first kappa shape index (κ1) is 24.1. The van der Waals surface area contributed by atoms with E-state index in [1.165, 1.54) is 24.9 Å². The van der Waals surface area contributed by atoms with Crippen molar-refractivity contribution in [1.29, 1.82) is 0 Å². The van der Waals surface area contributed by atoms with Gasteiger partial charge in [-0.05, 0) is 49.2 Å². The lowest BCUT2D eigenvalue weighted by Crippen LogP contribution is -2.37. The predicted molar refractivity (Wildman–Crippen MR) is 119 cm³/mol. The molecule has 27 heavy (non-hydrogen) atoms. The highest BCUT2D eigenvalue weighted by molar-refractivity contribution is 6.32. The zero-order valence-electron chi connectivity index (χ0n) is 15.7. The monoisotopic (exact) mass is 430 g/mol. The highest BCUT2D eigenvalue weighted by Gasteiger charge is 2.22. The SMILES string of the molecule is CCN1CCCC1CNCc1ccc(OCc2ccccc2)c(Cl)c1.Cl.Cl. The van der Waals surface area contributed by atoms with E-state index >= 15 is 0 Å². The number of ether oxygens (including phenoxy) is 1. The fourth-order valence-electron chi connectivity index (χ4n) is 3.43. The summed E-state index contributed by atoms with van der Waals surface area (Å²) in [7, 11) is 0. The molecule has 1 fully saturated rings. The van der Waals surface area contributed by atoms with E-state index in [9.17, 15) is 0 Å². The minimum atomic E-state index is 0. The Morgan fingerprint density at radius 1 is 1.11 bits per heavy atom. The molecule has 3 rings (SSSR count). The molecule has 0 spiro atoms. The van der Waals surface area contributed by atoms with Crippen LogP contribution in [0.3, 0.4) is 0 Å². The summed E-state index contributed by atoms with van der Waals surface area (Å²) in [6.07, 6.45) is 2.62. The van der Waals surface area contributed by atoms with E-state index in [0.717, 1.165) is 30.9 Å². The molecule has 1 N–H and O–H groups in total. The van der Waals surface area contributed by atoms with Crippen molar-refractivity contribution in [2.75, 3.05) is 19.6 Å². The zero-order chi connectivity index (χ0) is 17.5. The van der Waals surface area contributed by atoms with E-state index in [4.69, 9.17) is 16.3 Å². The molecular weight excluding hydrogens is 403 g/mol. The third kappa shape index (κ3) is 7.17. The average molecular weight is 432 g/mol. The van der Waals surface area contributed by atoms with Crippen LogP contribution in [0.15, 0.2) is 48.5 Å². The van der Waals surface area contributed by atoms with Gasteiger partial charge in [0.15, 0.2) is 0 Å². The highest BCUT2D eigenvalue weighted by atomic mass is 35.5. The number of likely N-dealkylation sites (N-methyl/N-ethyl adjacent to an activating group) is 1. The maximum Gasteiger partial charge on any atom is 0.138 e. The van der Waals surface area contributed by atoms with Gasteiger partial charge in [-0.2, -0.15) is 0 Å². The summed E-state index contributed by atoms with van der Waals surface area (Å²) >= 11 is 6.39. The lowest BCUT2D eigenvalue weighted by molar-refractivity contribution is 0.260. The van der Waals surface area contributed by atoms with E-state index in [1.54, 1.807) is 0 Å². The van der Waals surface area contributed by atoms with Crippen molar-refractivity contribution < 1.29 is 4.74 Å². The Bertz CT molecular complexity index is 670. The molecule has 0 saturated carbocycles. The molecule has 3 nitrogen and oxygen atoms in total. The van der Waals surface area contributed by atoms with Gasteiger partial charge in [-0.25, -0.2) is 0 Å². The largest absolute Gasteiger partial charge is 0.487 e. The van der Waals surface area contributed by atoms with Crippen LogP contribution in [0.2, 0.25) is 5.02 Å². The van der Waals surface area contributed by atoms with Crippen LogP contribution < -0.4 is 10.1 Å². The van der Waals surface area contributed by atoms with Gasteiger partial charge in [0, 0.05) is 19.1 Å². The third-order valence-corrected chi connectivity index (χ3v) is 5.14. The molecule has 1 saturated heterocycles. The Kier molecular flexibility index (Phi) is 11.1. The molecule has 0 amide bonds. The number of nitrogens with one attached hydrogen (secondary N) is 1. The number of hydrogen-bond donors (Lipinski definition) is 1. The fraction of sp³-hybridized carbons (Fsp3) is 0.429. The normalized spacial score (nSPS) is 16.4. The Morgan fingerprint density at radius 3 is 2.59 bits per heavy atom. The summed E-state index contributed by atoms with van der Waals surface area (Å²) in [6.45, 7) is 7.04. The average Bonchev–Trinajstić information content (AvgIpc) is 3.09. The predicted octanol–water partition coefficient (Wildman–Crippen LogP) is 5.34. The van der Waals surface area contributed by atoms with Crippen molar-refractivity contribution >= 4 is 36.4 Å². The van der Waals surface area contributed by atoms with Gasteiger partial charge in [0.05, 0.1) is 5.02 Å². The quantitative estimate of drug-likeness (QED) is 0.611. The molecule has 0 bridgehead atoms. The molecule has 0 aromatic heterocycles. The minimum absolute atomic E-state index is 0. The Labute approximate surface area is 180 Å². The smallest absolute Gasteiger partial charge is 0.138 e. The summed E-state index contributed by atoms with van der Waals surface area (Å²) in [5, 5.41) is 4.24. The molecule has 1 aliphatic rings. The molecule has 0 radical (unpaired) electrons. The maximum atomic E-state index is 6.39.